The number of rotatable bonds is 9. The molecule has 7 heteroatoms. The van der Waals surface area contributed by atoms with Gasteiger partial charge in [0, 0.05) is 12.7 Å². The predicted molar refractivity (Wildman–Crippen MR) is 136 cm³/mol. The average molecular weight is 477 g/mol. The van der Waals surface area contributed by atoms with E-state index in [1.165, 1.54) is 11.1 Å². The number of fused-ring (bicyclic) bond motifs is 1. The number of pyridine rings is 1. The molecule has 2 heterocycles. The van der Waals surface area contributed by atoms with Gasteiger partial charge in [0.25, 0.3) is 0 Å². The zero-order chi connectivity index (χ0) is 24.1. The highest BCUT2D eigenvalue weighted by Crippen LogP contribution is 2.29. The van der Waals surface area contributed by atoms with Gasteiger partial charge in [0.15, 0.2) is 5.65 Å². The SMILES string of the molecule is Cc1ccc(CCNc2c(C(=O)OC(C)C)cnc3c2cnn3CC(Cl)c2ccccc2)cc1. The van der Waals surface area contributed by atoms with Crippen LogP contribution in [0.5, 0.6) is 0 Å². The van der Waals surface area contributed by atoms with Gasteiger partial charge in [-0.05, 0) is 38.3 Å². The number of hydrogen-bond donors (Lipinski definition) is 1. The van der Waals surface area contributed by atoms with E-state index in [0.29, 0.717) is 30.0 Å². The van der Waals surface area contributed by atoms with Gasteiger partial charge in [-0.2, -0.15) is 5.10 Å². The smallest absolute Gasteiger partial charge is 0.342 e. The number of aryl methyl sites for hydroxylation is 1. The number of benzene rings is 2. The lowest BCUT2D eigenvalue weighted by Crippen LogP contribution is -2.16. The van der Waals surface area contributed by atoms with Crippen LogP contribution in [-0.2, 0) is 17.7 Å². The molecule has 0 aliphatic heterocycles. The lowest BCUT2D eigenvalue weighted by Gasteiger charge is -2.15. The highest BCUT2D eigenvalue weighted by Gasteiger charge is 2.21. The standard InChI is InChI=1S/C27H29ClN4O2/c1-18(2)34-27(33)23-15-30-26-22(25(23)29-14-13-20-11-9-19(3)10-12-20)16-31-32(26)17-24(28)21-7-5-4-6-8-21/h4-12,15-16,18,24H,13-14,17H2,1-3H3,(H,29,30). The maximum atomic E-state index is 12.8. The third-order valence-corrected chi connectivity index (χ3v) is 5.95. The number of carbonyl (C=O) groups is 1. The van der Waals surface area contributed by atoms with Crippen LogP contribution in [0.2, 0.25) is 0 Å². The minimum Gasteiger partial charge on any atom is -0.459 e. The Bertz CT molecular complexity index is 1250. The first-order valence-electron chi connectivity index (χ1n) is 11.5. The fraction of sp³-hybridized carbons (Fsp3) is 0.296. The summed E-state index contributed by atoms with van der Waals surface area (Å²) in [7, 11) is 0. The van der Waals surface area contributed by atoms with E-state index in [2.05, 4.69) is 46.6 Å². The summed E-state index contributed by atoms with van der Waals surface area (Å²) in [4.78, 5) is 17.4. The van der Waals surface area contributed by atoms with Crippen molar-refractivity contribution in [3.05, 3.63) is 89.2 Å². The van der Waals surface area contributed by atoms with Crippen LogP contribution in [0.3, 0.4) is 0 Å². The third-order valence-electron chi connectivity index (χ3n) is 5.56. The molecular formula is C27H29ClN4O2. The summed E-state index contributed by atoms with van der Waals surface area (Å²) in [6.45, 7) is 6.84. The van der Waals surface area contributed by atoms with E-state index in [0.717, 1.165) is 17.4 Å². The topological polar surface area (TPSA) is 69.0 Å². The van der Waals surface area contributed by atoms with Gasteiger partial charge in [-0.25, -0.2) is 14.5 Å². The molecule has 0 amide bonds. The van der Waals surface area contributed by atoms with Crippen LogP contribution in [-0.4, -0.2) is 33.4 Å². The molecular weight excluding hydrogens is 448 g/mol. The molecule has 2 aromatic heterocycles. The van der Waals surface area contributed by atoms with Crippen LogP contribution in [0, 0.1) is 6.92 Å². The molecule has 0 saturated carbocycles. The Balaban J connectivity index is 1.62. The monoisotopic (exact) mass is 476 g/mol. The molecule has 0 radical (unpaired) electrons. The largest absolute Gasteiger partial charge is 0.459 e. The molecule has 176 valence electrons. The molecule has 1 atom stereocenters. The Labute approximate surface area is 204 Å². The van der Waals surface area contributed by atoms with E-state index in [1.54, 1.807) is 17.1 Å². The molecule has 0 bridgehead atoms. The molecule has 2 aromatic carbocycles. The number of anilines is 1. The first-order chi connectivity index (χ1) is 16.4. The van der Waals surface area contributed by atoms with Gasteiger partial charge in [-0.15, -0.1) is 11.6 Å². The molecule has 0 aliphatic rings. The molecule has 0 spiro atoms. The minimum absolute atomic E-state index is 0.228. The third kappa shape index (κ3) is 5.57. The normalized spacial score (nSPS) is 12.1. The summed E-state index contributed by atoms with van der Waals surface area (Å²) in [6.07, 6.45) is 3.88. The molecule has 0 saturated heterocycles. The lowest BCUT2D eigenvalue weighted by molar-refractivity contribution is 0.0379. The quantitative estimate of drug-likeness (QED) is 0.239. The van der Waals surface area contributed by atoms with Crippen molar-refractivity contribution >= 4 is 34.3 Å². The van der Waals surface area contributed by atoms with Crippen molar-refractivity contribution in [3.8, 4) is 0 Å². The summed E-state index contributed by atoms with van der Waals surface area (Å²) in [5.74, 6) is -0.408. The van der Waals surface area contributed by atoms with E-state index in [-0.39, 0.29) is 11.5 Å². The summed E-state index contributed by atoms with van der Waals surface area (Å²) >= 11 is 6.66. The molecule has 6 nitrogen and oxygen atoms in total. The van der Waals surface area contributed by atoms with E-state index in [4.69, 9.17) is 16.3 Å². The molecule has 0 fully saturated rings. The van der Waals surface area contributed by atoms with Gasteiger partial charge >= 0.3 is 5.97 Å². The van der Waals surface area contributed by atoms with Crippen molar-refractivity contribution in [2.75, 3.05) is 11.9 Å². The predicted octanol–water partition coefficient (Wildman–Crippen LogP) is 5.94. The number of esters is 1. The molecule has 1 N–H and O–H groups in total. The van der Waals surface area contributed by atoms with Crippen LogP contribution >= 0.6 is 11.6 Å². The van der Waals surface area contributed by atoms with Crippen molar-refractivity contribution in [2.24, 2.45) is 0 Å². The van der Waals surface area contributed by atoms with Gasteiger partial charge < -0.3 is 10.1 Å². The molecule has 1 unspecified atom stereocenters. The second kappa shape index (κ2) is 10.7. The number of hydrogen-bond acceptors (Lipinski definition) is 5. The Hall–Kier alpha value is -3.38. The molecule has 4 aromatic rings. The summed E-state index contributed by atoms with van der Waals surface area (Å²) in [6, 6.07) is 18.3. The van der Waals surface area contributed by atoms with Gasteiger partial charge in [-0.1, -0.05) is 60.2 Å². The number of nitrogens with zero attached hydrogens (tertiary/aromatic N) is 3. The van der Waals surface area contributed by atoms with Crippen LogP contribution in [0.4, 0.5) is 5.69 Å². The average Bonchev–Trinajstić information content (AvgIpc) is 3.23. The van der Waals surface area contributed by atoms with Crippen molar-refractivity contribution < 1.29 is 9.53 Å². The van der Waals surface area contributed by atoms with Crippen molar-refractivity contribution in [1.29, 1.82) is 0 Å². The summed E-state index contributed by atoms with van der Waals surface area (Å²) in [5.41, 5.74) is 5.21. The minimum atomic E-state index is -0.408. The number of alkyl halides is 1. The van der Waals surface area contributed by atoms with Crippen LogP contribution < -0.4 is 5.32 Å². The summed E-state index contributed by atoms with van der Waals surface area (Å²) < 4.78 is 7.25. The molecule has 34 heavy (non-hydrogen) atoms. The first kappa shape index (κ1) is 23.8. The zero-order valence-electron chi connectivity index (χ0n) is 19.7. The number of carbonyl (C=O) groups excluding carboxylic acids is 1. The Morgan fingerprint density at radius 3 is 2.53 bits per heavy atom. The maximum Gasteiger partial charge on any atom is 0.342 e. The van der Waals surface area contributed by atoms with Crippen molar-refractivity contribution in [1.82, 2.24) is 14.8 Å². The second-order valence-corrected chi connectivity index (χ2v) is 9.13. The first-order valence-corrected chi connectivity index (χ1v) is 11.9. The Morgan fingerprint density at radius 1 is 1.09 bits per heavy atom. The Morgan fingerprint density at radius 2 is 1.82 bits per heavy atom. The Kier molecular flexibility index (Phi) is 7.48. The van der Waals surface area contributed by atoms with E-state index in [1.807, 2.05) is 44.2 Å². The van der Waals surface area contributed by atoms with Crippen molar-refractivity contribution in [2.45, 2.75) is 45.2 Å². The van der Waals surface area contributed by atoms with Crippen molar-refractivity contribution in [3.63, 3.8) is 0 Å². The lowest BCUT2D eigenvalue weighted by atomic mass is 10.1. The van der Waals surface area contributed by atoms with Gasteiger partial charge in [-0.3, -0.25) is 0 Å². The number of halogens is 1. The van der Waals surface area contributed by atoms with E-state index in [9.17, 15) is 4.79 Å². The maximum absolute atomic E-state index is 12.8. The second-order valence-electron chi connectivity index (χ2n) is 8.61. The highest BCUT2D eigenvalue weighted by atomic mass is 35.5. The van der Waals surface area contributed by atoms with Crippen LogP contribution in [0.25, 0.3) is 11.0 Å². The fourth-order valence-electron chi connectivity index (χ4n) is 3.79. The number of nitrogens with one attached hydrogen (secondary N) is 1. The number of aromatic nitrogens is 3. The molecule has 0 aliphatic carbocycles. The van der Waals surface area contributed by atoms with E-state index >= 15 is 0 Å². The highest BCUT2D eigenvalue weighted by molar-refractivity contribution is 6.20. The van der Waals surface area contributed by atoms with Gasteiger partial charge in [0.05, 0.1) is 35.3 Å². The van der Waals surface area contributed by atoms with Crippen LogP contribution in [0.1, 0.15) is 46.3 Å². The molecule has 4 rings (SSSR count). The zero-order valence-corrected chi connectivity index (χ0v) is 20.4. The fourth-order valence-corrected chi connectivity index (χ4v) is 4.07. The number of ether oxygens (including phenoxy) is 1. The van der Waals surface area contributed by atoms with Gasteiger partial charge in [0.2, 0.25) is 0 Å². The van der Waals surface area contributed by atoms with Crippen LogP contribution in [0.15, 0.2) is 67.0 Å². The summed E-state index contributed by atoms with van der Waals surface area (Å²) in [5, 5.41) is 8.49. The van der Waals surface area contributed by atoms with Gasteiger partial charge in [0.1, 0.15) is 5.56 Å². The van der Waals surface area contributed by atoms with E-state index < -0.39 is 5.97 Å².